The number of para-hydroxylation sites is 2. The van der Waals surface area contributed by atoms with Crippen LogP contribution in [-0.2, 0) is 0 Å². The molecule has 62 heavy (non-hydrogen) atoms. The molecule has 0 atom stereocenters. The monoisotopic (exact) mass is 790 g/mol. The largest absolute Gasteiger partial charge is 0.309 e. The number of rotatable bonds is 8. The lowest BCUT2D eigenvalue weighted by Crippen LogP contribution is -2.29. The fourth-order valence-corrected chi connectivity index (χ4v) is 9.71. The molecule has 0 saturated heterocycles. The van der Waals surface area contributed by atoms with E-state index < -0.39 is 0 Å². The van der Waals surface area contributed by atoms with Crippen LogP contribution in [0.5, 0.6) is 0 Å². The maximum Gasteiger partial charge on any atom is 0.101 e. The predicted octanol–water partition coefficient (Wildman–Crippen LogP) is 14.7. The van der Waals surface area contributed by atoms with Crippen LogP contribution in [-0.4, -0.2) is 0 Å². The van der Waals surface area contributed by atoms with Gasteiger partial charge in [-0.1, -0.05) is 146 Å². The Bertz CT molecular complexity index is 2990. The molecule has 9 aromatic rings. The van der Waals surface area contributed by atoms with Crippen molar-refractivity contribution in [3.63, 3.8) is 0 Å². The number of nitriles is 2. The molecule has 0 amide bonds. The Morgan fingerprint density at radius 2 is 0.581 bits per heavy atom. The quantitative estimate of drug-likeness (QED) is 0.154. The van der Waals surface area contributed by atoms with Gasteiger partial charge in [0, 0.05) is 34.6 Å². The second kappa shape index (κ2) is 15.3. The first-order chi connectivity index (χ1) is 30.7. The molecule has 0 radical (unpaired) electrons. The van der Waals surface area contributed by atoms with E-state index in [9.17, 15) is 10.5 Å². The van der Waals surface area contributed by atoms with Crippen molar-refractivity contribution in [2.75, 3.05) is 9.80 Å². The van der Waals surface area contributed by atoms with E-state index >= 15 is 0 Å². The van der Waals surface area contributed by atoms with Crippen molar-refractivity contribution in [2.45, 2.75) is 11.8 Å². The molecule has 0 saturated carbocycles. The zero-order chi connectivity index (χ0) is 41.6. The van der Waals surface area contributed by atoms with Gasteiger partial charge in [0.1, 0.15) is 12.1 Å². The fourth-order valence-electron chi connectivity index (χ4n) is 9.71. The summed E-state index contributed by atoms with van der Waals surface area (Å²) in [5, 5.41) is 21.9. The van der Waals surface area contributed by atoms with Crippen LogP contribution < -0.4 is 9.80 Å². The molecule has 2 bridgehead atoms. The van der Waals surface area contributed by atoms with Crippen LogP contribution in [0.4, 0.5) is 34.1 Å². The van der Waals surface area contributed by atoms with E-state index in [-0.39, 0.29) is 11.8 Å². The van der Waals surface area contributed by atoms with E-state index in [4.69, 9.17) is 0 Å². The first kappa shape index (κ1) is 36.6. The summed E-state index contributed by atoms with van der Waals surface area (Å²) in [6.45, 7) is 0. The van der Waals surface area contributed by atoms with Gasteiger partial charge in [0.05, 0.1) is 22.5 Å². The van der Waals surface area contributed by atoms with E-state index in [0.717, 1.165) is 67.5 Å². The molecule has 0 N–H and O–H groups in total. The summed E-state index contributed by atoms with van der Waals surface area (Å²) in [7, 11) is 0. The van der Waals surface area contributed by atoms with Gasteiger partial charge >= 0.3 is 0 Å². The Hall–Kier alpha value is -8.44. The van der Waals surface area contributed by atoms with Crippen LogP contribution in [0.2, 0.25) is 0 Å². The molecule has 3 aliphatic rings. The summed E-state index contributed by atoms with van der Waals surface area (Å²) in [5.74, 6) is -0.274. The molecular formula is C58H38N4. The number of anilines is 6. The van der Waals surface area contributed by atoms with Crippen LogP contribution in [0, 0.1) is 22.7 Å². The topological polar surface area (TPSA) is 54.1 Å². The molecular weight excluding hydrogens is 753 g/mol. The molecule has 12 rings (SSSR count). The molecule has 4 heteroatoms. The summed E-state index contributed by atoms with van der Waals surface area (Å²) in [5.41, 5.74) is 18.3. The maximum absolute atomic E-state index is 11.0. The zero-order valence-corrected chi connectivity index (χ0v) is 33.7. The van der Waals surface area contributed by atoms with Gasteiger partial charge in [0.25, 0.3) is 0 Å². The van der Waals surface area contributed by atoms with E-state index in [0.29, 0.717) is 11.1 Å². The summed E-state index contributed by atoms with van der Waals surface area (Å²) >= 11 is 0. The molecule has 0 aliphatic heterocycles. The molecule has 0 unspecified atom stereocenters. The maximum atomic E-state index is 11.0. The average Bonchev–Trinajstić information content (AvgIpc) is 3.35. The number of nitrogens with zero attached hydrogens (tertiary/aromatic N) is 4. The Morgan fingerprint density at radius 1 is 0.290 bits per heavy atom. The Balaban J connectivity index is 1.09. The van der Waals surface area contributed by atoms with Gasteiger partial charge in [0.15, 0.2) is 0 Å². The number of benzene rings is 9. The summed E-state index contributed by atoms with van der Waals surface area (Å²) in [6.07, 6.45) is 0. The highest BCUT2D eigenvalue weighted by Gasteiger charge is 2.43. The van der Waals surface area contributed by atoms with Gasteiger partial charge in [-0.15, -0.1) is 0 Å². The van der Waals surface area contributed by atoms with Gasteiger partial charge in [-0.05, 0) is 128 Å². The lowest BCUT2D eigenvalue weighted by atomic mass is 9.60. The van der Waals surface area contributed by atoms with Gasteiger partial charge < -0.3 is 9.80 Å². The summed E-state index contributed by atoms with van der Waals surface area (Å²) < 4.78 is 0. The number of hydrogen-bond donors (Lipinski definition) is 0. The third-order valence-corrected chi connectivity index (χ3v) is 12.5. The lowest BCUT2D eigenvalue weighted by molar-refractivity contribution is 0.753. The normalized spacial score (nSPS) is 14.1. The van der Waals surface area contributed by atoms with Crippen LogP contribution in [0.3, 0.4) is 0 Å². The van der Waals surface area contributed by atoms with Crippen LogP contribution in [0.25, 0.3) is 22.3 Å². The highest BCUT2D eigenvalue weighted by atomic mass is 15.2. The standard InChI is InChI=1S/C58H38N4/c59-37-43-33-51-53(35-55(43)61(45-19-9-3-10-20-45)47-29-25-41(26-30-47)39-15-5-1-6-16-39)58-50-24-14-13-23-49(50)57(51)52-34-44(38-60)56(36-54(52)58)62(46-21-11-4-12-22-46)48-31-27-42(28-32-48)40-17-7-2-8-18-40/h1-36,57-58H. The van der Waals surface area contributed by atoms with Crippen LogP contribution in [0.1, 0.15) is 56.3 Å². The highest BCUT2D eigenvalue weighted by molar-refractivity contribution is 5.87. The Labute approximate surface area is 362 Å². The second-order valence-corrected chi connectivity index (χ2v) is 15.9. The molecule has 0 fully saturated rings. The fraction of sp³-hybridized carbons (Fsp3) is 0.0345. The predicted molar refractivity (Wildman–Crippen MR) is 251 cm³/mol. The van der Waals surface area contributed by atoms with Crippen molar-refractivity contribution in [1.29, 1.82) is 10.5 Å². The molecule has 0 aromatic heterocycles. The third kappa shape index (κ3) is 6.14. The summed E-state index contributed by atoms with van der Waals surface area (Å²) in [6, 6.07) is 81.3. The van der Waals surface area contributed by atoms with Crippen molar-refractivity contribution >= 4 is 34.1 Å². The highest BCUT2D eigenvalue weighted by Crippen LogP contribution is 2.58. The minimum Gasteiger partial charge on any atom is -0.309 e. The first-order valence-corrected chi connectivity index (χ1v) is 20.9. The molecule has 4 nitrogen and oxygen atoms in total. The SMILES string of the molecule is N#Cc1cc2c(cc1N(c1ccccc1)c1ccc(-c3ccccc3)cc1)C1c3ccccc3C2c2cc(C#N)c(N(c3ccccc3)c3ccc(-c4ccccc4)cc3)cc21. The van der Waals surface area contributed by atoms with Crippen molar-refractivity contribution in [3.8, 4) is 34.4 Å². The second-order valence-electron chi connectivity index (χ2n) is 15.9. The molecule has 0 heterocycles. The minimum absolute atomic E-state index is 0.129. The van der Waals surface area contributed by atoms with Crippen LogP contribution >= 0.6 is 0 Å². The molecule has 3 aliphatic carbocycles. The smallest absolute Gasteiger partial charge is 0.101 e. The average molecular weight is 791 g/mol. The van der Waals surface area contributed by atoms with Crippen molar-refractivity contribution in [2.24, 2.45) is 0 Å². The van der Waals surface area contributed by atoms with Gasteiger partial charge in [-0.3, -0.25) is 0 Å². The Kier molecular flexibility index (Phi) is 9.04. The third-order valence-electron chi connectivity index (χ3n) is 12.5. The summed E-state index contributed by atoms with van der Waals surface area (Å²) in [4.78, 5) is 4.42. The zero-order valence-electron chi connectivity index (χ0n) is 33.7. The van der Waals surface area contributed by atoms with Crippen molar-refractivity contribution in [1.82, 2.24) is 0 Å². The molecule has 290 valence electrons. The minimum atomic E-state index is -0.144. The molecule has 9 aromatic carbocycles. The van der Waals surface area contributed by atoms with Gasteiger partial charge in [0.2, 0.25) is 0 Å². The van der Waals surface area contributed by atoms with Crippen molar-refractivity contribution in [3.05, 3.63) is 263 Å². The van der Waals surface area contributed by atoms with E-state index in [1.165, 1.54) is 22.3 Å². The van der Waals surface area contributed by atoms with E-state index in [1.807, 2.05) is 48.5 Å². The van der Waals surface area contributed by atoms with Crippen molar-refractivity contribution < 1.29 is 0 Å². The van der Waals surface area contributed by atoms with E-state index in [1.54, 1.807) is 0 Å². The van der Waals surface area contributed by atoms with E-state index in [2.05, 4.69) is 192 Å². The Morgan fingerprint density at radius 3 is 0.935 bits per heavy atom. The molecule has 0 spiro atoms. The lowest BCUT2D eigenvalue weighted by Gasteiger charge is -2.43. The van der Waals surface area contributed by atoms with Gasteiger partial charge in [-0.25, -0.2) is 0 Å². The number of hydrogen-bond acceptors (Lipinski definition) is 4. The van der Waals surface area contributed by atoms with Crippen LogP contribution in [0.15, 0.2) is 218 Å². The van der Waals surface area contributed by atoms with Gasteiger partial charge in [-0.2, -0.15) is 10.5 Å². The first-order valence-electron chi connectivity index (χ1n) is 20.9.